The van der Waals surface area contributed by atoms with Crippen molar-refractivity contribution < 1.29 is 12.6 Å². The SMILES string of the molecule is [2H]c1cc([2H])c2c(c1[2H])c1c([2H])c([2H])cc([2H])c1n2-c1cc(-c2nc(-c3ccccc3)nc(-n3c4ccccc4c4ccc(-c5ccccc5)cc43)n2)ccc1-c1cccc2c1oc1ccccc12. The van der Waals surface area contributed by atoms with Gasteiger partial charge in [0.25, 0.3) is 0 Å². The van der Waals surface area contributed by atoms with Crippen molar-refractivity contribution in [1.29, 1.82) is 0 Å². The van der Waals surface area contributed by atoms with Crippen molar-refractivity contribution >= 4 is 65.6 Å². The van der Waals surface area contributed by atoms with Crippen LogP contribution in [-0.4, -0.2) is 24.1 Å². The van der Waals surface area contributed by atoms with Crippen LogP contribution in [0.4, 0.5) is 0 Å². The van der Waals surface area contributed by atoms with Crippen LogP contribution < -0.4 is 0 Å². The van der Waals surface area contributed by atoms with E-state index in [1.54, 1.807) is 4.57 Å². The van der Waals surface area contributed by atoms with Crippen molar-refractivity contribution in [3.8, 4) is 56.7 Å². The van der Waals surface area contributed by atoms with Crippen LogP contribution in [0.25, 0.3) is 122 Å². The first-order valence-corrected chi connectivity index (χ1v) is 20.7. The second-order valence-corrected chi connectivity index (χ2v) is 15.5. The number of hydrogen-bond donors (Lipinski definition) is 0. The molecule has 9 aromatic carbocycles. The Kier molecular flexibility index (Phi) is 6.56. The summed E-state index contributed by atoms with van der Waals surface area (Å²) in [6, 6.07) is 56.0. The first kappa shape index (κ1) is 29.6. The maximum absolute atomic E-state index is 9.40. The Bertz CT molecular complexity index is 4210. The lowest BCUT2D eigenvalue weighted by Gasteiger charge is -2.17. The van der Waals surface area contributed by atoms with Gasteiger partial charge in [-0.3, -0.25) is 4.57 Å². The van der Waals surface area contributed by atoms with E-state index >= 15 is 0 Å². The maximum atomic E-state index is 9.40. The summed E-state index contributed by atoms with van der Waals surface area (Å²) in [6.07, 6.45) is 0. The molecule has 13 rings (SSSR count). The molecule has 0 spiro atoms. The molecule has 6 nitrogen and oxygen atoms in total. The second-order valence-electron chi connectivity index (χ2n) is 15.5. The van der Waals surface area contributed by atoms with Crippen molar-refractivity contribution in [2.45, 2.75) is 0 Å². The molecule has 0 N–H and O–H groups in total. The number of hydrogen-bond acceptors (Lipinski definition) is 4. The molecule has 13 aromatic rings. The highest BCUT2D eigenvalue weighted by atomic mass is 16.3. The molecule has 4 aromatic heterocycles. The quantitative estimate of drug-likeness (QED) is 0.168. The van der Waals surface area contributed by atoms with E-state index in [2.05, 4.69) is 47.0 Å². The fourth-order valence-electron chi connectivity index (χ4n) is 9.10. The summed E-state index contributed by atoms with van der Waals surface area (Å²) < 4.78 is 65.0. The summed E-state index contributed by atoms with van der Waals surface area (Å²) >= 11 is 0. The van der Waals surface area contributed by atoms with Gasteiger partial charge < -0.3 is 8.98 Å². The molecular formula is C57H35N5O. The Morgan fingerprint density at radius 1 is 0.381 bits per heavy atom. The lowest BCUT2D eigenvalue weighted by molar-refractivity contribution is 0.670. The average Bonchev–Trinajstić information content (AvgIpc) is 4.06. The zero-order valence-electron chi connectivity index (χ0n) is 39.4. The summed E-state index contributed by atoms with van der Waals surface area (Å²) in [7, 11) is 0. The summed E-state index contributed by atoms with van der Waals surface area (Å²) in [4.78, 5) is 15.7. The third-order valence-corrected chi connectivity index (χ3v) is 12.0. The smallest absolute Gasteiger partial charge is 0.238 e. The van der Waals surface area contributed by atoms with Gasteiger partial charge in [0.05, 0.1) is 36.0 Å². The van der Waals surface area contributed by atoms with Gasteiger partial charge in [-0.2, -0.15) is 9.97 Å². The summed E-state index contributed by atoms with van der Waals surface area (Å²) in [5.41, 5.74) is 9.00. The van der Waals surface area contributed by atoms with Crippen LogP contribution in [0.2, 0.25) is 0 Å². The van der Waals surface area contributed by atoms with E-state index in [4.69, 9.17) is 22.1 Å². The molecule has 63 heavy (non-hydrogen) atoms. The van der Waals surface area contributed by atoms with Crippen molar-refractivity contribution in [1.82, 2.24) is 24.1 Å². The molecule has 0 saturated carbocycles. The number of furan rings is 1. The fourth-order valence-corrected chi connectivity index (χ4v) is 9.10. The Balaban J connectivity index is 1.14. The molecule has 0 amide bonds. The predicted molar refractivity (Wildman–Crippen MR) is 258 cm³/mol. The minimum Gasteiger partial charge on any atom is -0.455 e. The molecule has 0 fully saturated rings. The second kappa shape index (κ2) is 14.0. The topological polar surface area (TPSA) is 61.7 Å². The molecule has 0 saturated heterocycles. The van der Waals surface area contributed by atoms with Crippen LogP contribution in [0.5, 0.6) is 0 Å². The van der Waals surface area contributed by atoms with Gasteiger partial charge in [0.2, 0.25) is 5.95 Å². The molecule has 0 aliphatic rings. The van der Waals surface area contributed by atoms with Gasteiger partial charge in [0.1, 0.15) is 11.2 Å². The first-order valence-electron chi connectivity index (χ1n) is 23.7. The van der Waals surface area contributed by atoms with E-state index in [0.717, 1.165) is 54.8 Å². The van der Waals surface area contributed by atoms with Gasteiger partial charge >= 0.3 is 0 Å². The number of nitrogens with zero attached hydrogens (tertiary/aromatic N) is 5. The van der Waals surface area contributed by atoms with Crippen LogP contribution in [0.3, 0.4) is 0 Å². The van der Waals surface area contributed by atoms with Gasteiger partial charge in [0.15, 0.2) is 11.6 Å². The van der Waals surface area contributed by atoms with Crippen LogP contribution in [0.1, 0.15) is 8.22 Å². The number of benzene rings is 9. The largest absolute Gasteiger partial charge is 0.455 e. The van der Waals surface area contributed by atoms with Gasteiger partial charge in [0, 0.05) is 54.6 Å². The Morgan fingerprint density at radius 2 is 1.02 bits per heavy atom. The molecule has 0 aliphatic carbocycles. The molecule has 294 valence electrons. The monoisotopic (exact) mass is 811 g/mol. The molecule has 0 bridgehead atoms. The highest BCUT2D eigenvalue weighted by Gasteiger charge is 2.23. The minimum absolute atomic E-state index is 0.0686. The third-order valence-electron chi connectivity index (χ3n) is 12.0. The van der Waals surface area contributed by atoms with Gasteiger partial charge in [-0.15, -0.1) is 0 Å². The lowest BCUT2D eigenvalue weighted by Crippen LogP contribution is -2.07. The minimum atomic E-state index is -0.198. The van der Waals surface area contributed by atoms with E-state index < -0.39 is 0 Å². The normalized spacial score (nSPS) is 13.1. The summed E-state index contributed by atoms with van der Waals surface area (Å²) in [6.45, 7) is 0. The number of para-hydroxylation sites is 5. The van der Waals surface area contributed by atoms with Crippen LogP contribution in [0, 0.1) is 0 Å². The van der Waals surface area contributed by atoms with E-state index in [1.165, 1.54) is 12.1 Å². The number of fused-ring (bicyclic) bond motifs is 9. The number of aromatic nitrogens is 5. The summed E-state index contributed by atoms with van der Waals surface area (Å²) in [5, 5.41) is 4.24. The van der Waals surface area contributed by atoms with Crippen LogP contribution in [-0.2, 0) is 0 Å². The average molecular weight is 812 g/mol. The van der Waals surface area contributed by atoms with E-state index in [9.17, 15) is 5.48 Å². The van der Waals surface area contributed by atoms with Gasteiger partial charge in [-0.05, 0) is 47.5 Å². The van der Waals surface area contributed by atoms with Crippen LogP contribution in [0.15, 0.2) is 217 Å². The highest BCUT2D eigenvalue weighted by molar-refractivity contribution is 6.13. The highest BCUT2D eigenvalue weighted by Crippen LogP contribution is 2.42. The van der Waals surface area contributed by atoms with Crippen molar-refractivity contribution in [2.24, 2.45) is 0 Å². The first-order chi connectivity index (χ1) is 33.7. The van der Waals surface area contributed by atoms with Crippen LogP contribution >= 0.6 is 0 Å². The van der Waals surface area contributed by atoms with E-state index in [1.807, 2.05) is 121 Å². The Hall–Kier alpha value is -8.61. The van der Waals surface area contributed by atoms with Crippen molar-refractivity contribution in [3.05, 3.63) is 212 Å². The molecule has 0 radical (unpaired) electrons. The molecule has 0 atom stereocenters. The Labute approximate surface area is 370 Å². The van der Waals surface area contributed by atoms with E-state index in [-0.39, 0.29) is 58.1 Å². The lowest BCUT2D eigenvalue weighted by atomic mass is 9.98. The summed E-state index contributed by atoms with van der Waals surface area (Å²) in [5.74, 6) is 1.19. The maximum Gasteiger partial charge on any atom is 0.238 e. The zero-order chi connectivity index (χ0) is 46.7. The molecule has 4 heterocycles. The molecular weight excluding hydrogens is 771 g/mol. The van der Waals surface area contributed by atoms with Gasteiger partial charge in [-0.25, -0.2) is 4.98 Å². The molecule has 0 unspecified atom stereocenters. The molecule has 0 aliphatic heterocycles. The molecule has 6 heteroatoms. The van der Waals surface area contributed by atoms with Crippen molar-refractivity contribution in [2.75, 3.05) is 0 Å². The third kappa shape index (κ3) is 5.55. The Morgan fingerprint density at radius 3 is 1.79 bits per heavy atom. The zero-order valence-corrected chi connectivity index (χ0v) is 33.4. The fraction of sp³-hybridized carbons (Fsp3) is 0. The van der Waals surface area contributed by atoms with Crippen molar-refractivity contribution in [3.63, 3.8) is 0 Å². The van der Waals surface area contributed by atoms with Gasteiger partial charge in [-0.1, -0.05) is 176 Å². The number of rotatable bonds is 6. The predicted octanol–water partition coefficient (Wildman–Crippen LogP) is 14.6. The standard InChI is InChI=1S/C57H35N5O/c1-3-16-36(17-4-1)38-30-32-43-42-22-9-13-28-50(42)62(52(43)34-38)57-59-55(37-18-5-2-6-19-37)58-56(60-57)39-31-33-44(46-24-15-25-47-45-23-10-14-29-53(45)63-54(46)47)51(35-39)61-48-26-11-7-20-40(48)41-21-8-12-27-49(41)61/h1-35H/i7D,8D,20D,21D,26D,27D. The van der Waals surface area contributed by atoms with E-state index in [0.29, 0.717) is 45.6 Å².